The predicted octanol–water partition coefficient (Wildman–Crippen LogP) is 0.241. The molecule has 0 radical (unpaired) electrons. The molecule has 3 unspecified atom stereocenters. The molecular weight excluding hydrogens is 626 g/mol. The Morgan fingerprint density at radius 2 is 1.77 bits per heavy atom. The van der Waals surface area contributed by atoms with Crippen LogP contribution in [0.2, 0.25) is 0 Å². The van der Waals surface area contributed by atoms with Crippen LogP contribution in [0.25, 0.3) is 0 Å². The van der Waals surface area contributed by atoms with Gasteiger partial charge in [-0.2, -0.15) is 0 Å². The number of nitrogens with zero attached hydrogens (tertiary/aromatic N) is 1. The minimum absolute atomic E-state index is 0.0964. The average Bonchev–Trinajstić information content (AvgIpc) is 3.35. The third kappa shape index (κ3) is 5.75. The number of ether oxygens (including phenoxy) is 6. The Labute approximate surface area is 268 Å². The summed E-state index contributed by atoms with van der Waals surface area (Å²) in [5.74, 6) is -6.98. The van der Waals surface area contributed by atoms with Crippen molar-refractivity contribution in [2.75, 3.05) is 20.7 Å². The molecule has 16 heteroatoms. The number of likely N-dealkylation sites (N-methyl/N-ethyl adjacent to an activating group) is 1. The van der Waals surface area contributed by atoms with Gasteiger partial charge in [0.25, 0.3) is 0 Å². The zero-order valence-electron chi connectivity index (χ0n) is 26.0. The summed E-state index contributed by atoms with van der Waals surface area (Å²) in [4.78, 5) is 74.5. The first kappa shape index (κ1) is 33.7. The van der Waals surface area contributed by atoms with E-state index in [-0.39, 0.29) is 18.2 Å². The van der Waals surface area contributed by atoms with Gasteiger partial charge in [-0.05, 0) is 51.1 Å². The van der Waals surface area contributed by atoms with Crippen LogP contribution in [0, 0.1) is 0 Å². The number of carbonyl (C=O) groups excluding carboxylic acids is 4. The Morgan fingerprint density at radius 1 is 1.04 bits per heavy atom. The quantitative estimate of drug-likeness (QED) is 0.202. The molecule has 0 saturated carbocycles. The normalized spacial score (nSPS) is 27.0. The van der Waals surface area contributed by atoms with Gasteiger partial charge in [0.2, 0.25) is 12.2 Å². The van der Waals surface area contributed by atoms with Crippen molar-refractivity contribution < 1.29 is 72.5 Å². The lowest BCUT2D eigenvalue weighted by molar-refractivity contribution is -0.184. The first-order chi connectivity index (χ1) is 22.1. The molecule has 5 rings (SSSR count). The topological polar surface area (TPSA) is 222 Å². The van der Waals surface area contributed by atoms with Crippen molar-refractivity contribution in [1.29, 1.82) is 0 Å². The number of likely N-dealkylation sites (tertiary alicyclic amines) is 1. The number of esters is 4. The number of rotatable bonds is 12. The van der Waals surface area contributed by atoms with Crippen molar-refractivity contribution in [2.24, 2.45) is 0 Å². The van der Waals surface area contributed by atoms with Crippen LogP contribution in [0.3, 0.4) is 0 Å². The fraction of sp³-hybridized carbons (Fsp3) is 0.548. The molecule has 2 aliphatic heterocycles. The lowest BCUT2D eigenvalue weighted by atomic mass is 9.50. The summed E-state index contributed by atoms with van der Waals surface area (Å²) in [6.07, 6.45) is -5.73. The molecule has 2 heterocycles. The number of methoxy groups -OCH3 is 1. The summed E-state index contributed by atoms with van der Waals surface area (Å²) in [6.45, 7) is 2.63. The zero-order valence-corrected chi connectivity index (χ0v) is 26.0. The number of benzene rings is 1. The van der Waals surface area contributed by atoms with Crippen LogP contribution < -0.4 is 9.47 Å². The smallest absolute Gasteiger partial charge is 0.348 e. The fourth-order valence-electron chi connectivity index (χ4n) is 7.16. The second-order valence-electron chi connectivity index (χ2n) is 12.0. The highest BCUT2D eigenvalue weighted by Gasteiger charge is 2.72. The largest absolute Gasteiger partial charge is 0.493 e. The molecule has 1 saturated heterocycles. The van der Waals surface area contributed by atoms with Gasteiger partial charge >= 0.3 is 35.8 Å². The van der Waals surface area contributed by atoms with Gasteiger partial charge in [-0.1, -0.05) is 6.07 Å². The van der Waals surface area contributed by atoms with Crippen molar-refractivity contribution in [1.82, 2.24) is 4.90 Å². The lowest BCUT2D eigenvalue weighted by Crippen LogP contribution is -2.74. The maximum Gasteiger partial charge on any atom is 0.348 e. The first-order valence-corrected chi connectivity index (χ1v) is 14.9. The highest BCUT2D eigenvalue weighted by Crippen LogP contribution is 2.65. The van der Waals surface area contributed by atoms with E-state index in [1.165, 1.54) is 7.11 Å². The Morgan fingerprint density at radius 3 is 2.40 bits per heavy atom. The van der Waals surface area contributed by atoms with Crippen molar-refractivity contribution in [3.8, 4) is 11.5 Å². The van der Waals surface area contributed by atoms with E-state index in [9.17, 15) is 33.9 Å². The molecule has 1 aromatic rings. The monoisotopic (exact) mass is 661 g/mol. The van der Waals surface area contributed by atoms with Crippen LogP contribution in [0.1, 0.15) is 50.7 Å². The Bertz CT molecular complexity index is 1550. The summed E-state index contributed by atoms with van der Waals surface area (Å²) in [5.41, 5.74) is -0.430. The minimum atomic E-state index is -2.05. The molecule has 1 spiro atoms. The molecule has 0 aromatic heterocycles. The van der Waals surface area contributed by atoms with Gasteiger partial charge in [0.05, 0.1) is 31.0 Å². The lowest BCUT2D eigenvalue weighted by Gasteiger charge is -2.61. The minimum Gasteiger partial charge on any atom is -0.493 e. The number of piperidine rings is 1. The molecular formula is C31H35NO15. The van der Waals surface area contributed by atoms with Gasteiger partial charge in [-0.3, -0.25) is 14.4 Å². The van der Waals surface area contributed by atoms with Crippen molar-refractivity contribution in [2.45, 2.75) is 87.4 Å². The van der Waals surface area contributed by atoms with Crippen LogP contribution in [0.15, 0.2) is 24.0 Å². The predicted molar refractivity (Wildman–Crippen MR) is 153 cm³/mol. The number of hydrogen-bond donors (Lipinski definition) is 3. The maximum absolute atomic E-state index is 13.3. The summed E-state index contributed by atoms with van der Waals surface area (Å²) in [5, 5.41) is 30.2. The molecule has 1 fully saturated rings. The third-order valence-corrected chi connectivity index (χ3v) is 9.23. The maximum atomic E-state index is 13.3. The first-order valence-electron chi connectivity index (χ1n) is 14.9. The van der Waals surface area contributed by atoms with Gasteiger partial charge in [-0.15, -0.1) is 0 Å². The van der Waals surface area contributed by atoms with Crippen molar-refractivity contribution >= 4 is 35.8 Å². The molecule has 7 atom stereocenters. The van der Waals surface area contributed by atoms with E-state index < -0.39 is 84.1 Å². The summed E-state index contributed by atoms with van der Waals surface area (Å²) >= 11 is 0. The molecule has 3 N–H and O–H groups in total. The average molecular weight is 662 g/mol. The van der Waals surface area contributed by atoms with E-state index in [0.717, 1.165) is 25.0 Å². The number of carbonyl (C=O) groups is 6. The molecule has 2 bridgehead atoms. The van der Waals surface area contributed by atoms with Crippen LogP contribution in [-0.4, -0.2) is 113 Å². The molecule has 47 heavy (non-hydrogen) atoms. The van der Waals surface area contributed by atoms with E-state index in [1.54, 1.807) is 12.1 Å². The number of aliphatic hydroxyl groups is 1. The fourth-order valence-corrected chi connectivity index (χ4v) is 7.16. The van der Waals surface area contributed by atoms with Gasteiger partial charge in [-0.25, -0.2) is 14.4 Å². The highest BCUT2D eigenvalue weighted by molar-refractivity contribution is 5.88. The third-order valence-electron chi connectivity index (χ3n) is 9.23. The van der Waals surface area contributed by atoms with Crippen molar-refractivity contribution in [3.63, 3.8) is 0 Å². The number of carboxylic acid groups (broad SMARTS) is 2. The van der Waals surface area contributed by atoms with E-state index in [4.69, 9.17) is 33.9 Å². The van der Waals surface area contributed by atoms with E-state index in [1.807, 2.05) is 13.1 Å². The van der Waals surface area contributed by atoms with Crippen LogP contribution in [0.5, 0.6) is 11.5 Å². The van der Waals surface area contributed by atoms with E-state index in [2.05, 4.69) is 9.64 Å². The van der Waals surface area contributed by atoms with Gasteiger partial charge < -0.3 is 48.6 Å². The Kier molecular flexibility index (Phi) is 8.94. The molecule has 254 valence electrons. The number of carboxylic acids is 2. The SMILES string of the molecule is COc1ccc2c3c1O[C@H]1C(OC(=O)CC(OC(C)=O)C(=O)OC(C)C(=O)OC(CC(=O)O)C(=O)O)=CC[C@@]4(O)[C@@H](C2)N(C)CC[C@]314. The number of hydrogen-bond acceptors (Lipinski definition) is 14. The summed E-state index contributed by atoms with van der Waals surface area (Å²) in [6, 6.07) is 3.49. The highest BCUT2D eigenvalue weighted by atomic mass is 16.6. The van der Waals surface area contributed by atoms with Gasteiger partial charge in [0, 0.05) is 24.9 Å². The van der Waals surface area contributed by atoms with Crippen LogP contribution in [-0.2, 0) is 59.6 Å². The summed E-state index contributed by atoms with van der Waals surface area (Å²) in [7, 11) is 3.45. The van der Waals surface area contributed by atoms with Crippen molar-refractivity contribution in [3.05, 3.63) is 35.1 Å². The van der Waals surface area contributed by atoms with Crippen LogP contribution >= 0.6 is 0 Å². The standard InChI is InChI=1S/C31H35NO15/c1-14(28(39)46-19(27(37)38)12-22(34)35)43-29(40)20(44-15(2)33)13-23(36)45-18-7-8-31(41)21-11-16-5-6-17(42-4)25-24(16)30(31,26(18)47-25)9-10-32(21)3/h5-7,14,19-21,26,41H,8-13H2,1-4H3,(H,34,35)(H,37,38)/t14?,19?,20?,21-,26+,30+,31-/m1/s1. The molecule has 4 aliphatic rings. The Balaban J connectivity index is 1.33. The van der Waals surface area contributed by atoms with Gasteiger partial charge in [0.15, 0.2) is 23.7 Å². The van der Waals surface area contributed by atoms with Crippen LogP contribution in [0.4, 0.5) is 0 Å². The number of aliphatic carboxylic acids is 2. The Hall–Kier alpha value is -4.70. The molecule has 2 aliphatic carbocycles. The molecule has 16 nitrogen and oxygen atoms in total. The molecule has 1 aromatic carbocycles. The zero-order chi connectivity index (χ0) is 34.4. The second kappa shape index (κ2) is 12.5. The second-order valence-corrected chi connectivity index (χ2v) is 12.0. The van der Waals surface area contributed by atoms with E-state index in [0.29, 0.717) is 30.9 Å². The van der Waals surface area contributed by atoms with E-state index >= 15 is 0 Å². The molecule has 0 amide bonds. The summed E-state index contributed by atoms with van der Waals surface area (Å²) < 4.78 is 32.3. The van der Waals surface area contributed by atoms with Gasteiger partial charge in [0.1, 0.15) is 5.76 Å².